The molecule has 8 nitrogen and oxygen atoms in total. The molecular formula is C20H28FIN6O2. The van der Waals surface area contributed by atoms with Gasteiger partial charge < -0.3 is 20.3 Å². The van der Waals surface area contributed by atoms with E-state index in [-0.39, 0.29) is 48.2 Å². The third-order valence-corrected chi connectivity index (χ3v) is 4.66. The number of nitrogens with one attached hydrogen (secondary N) is 2. The smallest absolute Gasteiger partial charge is 0.224 e. The molecule has 0 spiro atoms. The number of hydrogen-bond donors (Lipinski definition) is 2. The maximum Gasteiger partial charge on any atom is 0.224 e. The number of aryl methyl sites for hydroxylation is 1. The zero-order valence-corrected chi connectivity index (χ0v) is 19.5. The number of aliphatic imine (C=N–C) groups is 1. The van der Waals surface area contributed by atoms with Crippen molar-refractivity contribution in [3.8, 4) is 0 Å². The van der Waals surface area contributed by atoms with Crippen LogP contribution in [0, 0.1) is 5.82 Å². The van der Waals surface area contributed by atoms with E-state index in [0.717, 1.165) is 18.1 Å². The van der Waals surface area contributed by atoms with Crippen molar-refractivity contribution in [3.63, 3.8) is 0 Å². The second-order valence-electron chi connectivity index (χ2n) is 6.88. The predicted molar refractivity (Wildman–Crippen MR) is 123 cm³/mol. The van der Waals surface area contributed by atoms with Crippen LogP contribution in [0.25, 0.3) is 0 Å². The lowest BCUT2D eigenvalue weighted by Gasteiger charge is -2.34. The molecule has 1 fully saturated rings. The lowest BCUT2D eigenvalue weighted by atomic mass is 10.1. The summed E-state index contributed by atoms with van der Waals surface area (Å²) in [5, 5.41) is 10.3. The van der Waals surface area contributed by atoms with Gasteiger partial charge >= 0.3 is 0 Å². The summed E-state index contributed by atoms with van der Waals surface area (Å²) in [7, 11) is 3.62. The van der Waals surface area contributed by atoms with Crippen molar-refractivity contribution in [2.45, 2.75) is 12.5 Å². The van der Waals surface area contributed by atoms with Crippen molar-refractivity contribution in [1.29, 1.82) is 0 Å². The average Bonchev–Trinajstić information content (AvgIpc) is 3.14. The number of aromatic nitrogens is 2. The van der Waals surface area contributed by atoms with Crippen molar-refractivity contribution in [3.05, 3.63) is 53.6 Å². The minimum atomic E-state index is -0.337. The van der Waals surface area contributed by atoms with Crippen LogP contribution in [0.15, 0.2) is 41.7 Å². The lowest BCUT2D eigenvalue weighted by Crippen LogP contribution is -2.49. The molecule has 1 aliphatic heterocycles. The van der Waals surface area contributed by atoms with Crippen LogP contribution in [-0.4, -0.2) is 66.4 Å². The Labute approximate surface area is 192 Å². The topological polar surface area (TPSA) is 83.8 Å². The number of hydrogen-bond acceptors (Lipinski definition) is 4. The first-order valence-electron chi connectivity index (χ1n) is 9.62. The number of rotatable bonds is 6. The van der Waals surface area contributed by atoms with E-state index in [2.05, 4.69) is 25.6 Å². The Hall–Kier alpha value is -2.21. The van der Waals surface area contributed by atoms with Gasteiger partial charge in [-0.05, 0) is 17.7 Å². The van der Waals surface area contributed by atoms with Crippen LogP contribution in [0.1, 0.15) is 17.2 Å². The summed E-state index contributed by atoms with van der Waals surface area (Å²) in [5.74, 6) is 0.285. The highest BCUT2D eigenvalue weighted by molar-refractivity contribution is 14.0. The first kappa shape index (κ1) is 24.1. The summed E-state index contributed by atoms with van der Waals surface area (Å²) in [6, 6.07) is 6.07. The van der Waals surface area contributed by atoms with Crippen molar-refractivity contribution >= 4 is 35.8 Å². The molecule has 1 saturated heterocycles. The van der Waals surface area contributed by atoms with Gasteiger partial charge in [-0.1, -0.05) is 12.1 Å². The van der Waals surface area contributed by atoms with Crippen LogP contribution in [-0.2, 0) is 23.0 Å². The molecule has 0 saturated carbocycles. The second-order valence-corrected chi connectivity index (χ2v) is 6.88. The van der Waals surface area contributed by atoms with E-state index in [1.54, 1.807) is 23.9 Å². The van der Waals surface area contributed by atoms with Gasteiger partial charge in [0.05, 0.1) is 25.8 Å². The van der Waals surface area contributed by atoms with Crippen molar-refractivity contribution < 1.29 is 13.9 Å². The average molecular weight is 530 g/mol. The number of nitrogens with zero attached hydrogens (tertiary/aromatic N) is 4. The standard InChI is InChI=1S/C20H27FN6O2.HI/c1-22-20(27-8-9-29-18(14-27)16-12-25-26(2)13-16)24-7-6-23-19(28)11-15-4-3-5-17(21)10-15;/h3-5,10,12-13,18H,6-9,11,14H2,1-2H3,(H,22,24)(H,23,28);1H. The van der Waals surface area contributed by atoms with Crippen molar-refractivity contribution in [1.82, 2.24) is 25.3 Å². The minimum Gasteiger partial charge on any atom is -0.370 e. The zero-order chi connectivity index (χ0) is 20.6. The Balaban J connectivity index is 0.00000320. The Kier molecular flexibility index (Phi) is 9.50. The van der Waals surface area contributed by atoms with E-state index in [1.807, 2.05) is 19.4 Å². The number of ether oxygens (including phenoxy) is 1. The van der Waals surface area contributed by atoms with E-state index >= 15 is 0 Å². The quantitative estimate of drug-likeness (QED) is 0.256. The molecule has 1 aromatic carbocycles. The molecule has 1 atom stereocenters. The Morgan fingerprint density at radius 1 is 1.37 bits per heavy atom. The molecule has 1 amide bonds. The molecule has 1 unspecified atom stereocenters. The summed E-state index contributed by atoms with van der Waals surface area (Å²) >= 11 is 0. The van der Waals surface area contributed by atoms with Gasteiger partial charge in [0.15, 0.2) is 5.96 Å². The van der Waals surface area contributed by atoms with E-state index in [9.17, 15) is 9.18 Å². The highest BCUT2D eigenvalue weighted by Crippen LogP contribution is 2.21. The van der Waals surface area contributed by atoms with Gasteiger partial charge in [0.25, 0.3) is 0 Å². The van der Waals surface area contributed by atoms with E-state index in [0.29, 0.717) is 31.8 Å². The van der Waals surface area contributed by atoms with E-state index in [1.165, 1.54) is 12.1 Å². The number of carbonyl (C=O) groups excluding carboxylic acids is 1. The minimum absolute atomic E-state index is 0. The molecule has 3 rings (SSSR count). The van der Waals surface area contributed by atoms with Crippen molar-refractivity contribution in [2.75, 3.05) is 39.8 Å². The largest absolute Gasteiger partial charge is 0.370 e. The fourth-order valence-corrected chi connectivity index (χ4v) is 3.25. The third-order valence-electron chi connectivity index (χ3n) is 4.66. The maximum atomic E-state index is 13.2. The summed E-state index contributed by atoms with van der Waals surface area (Å²) in [4.78, 5) is 18.5. The van der Waals surface area contributed by atoms with Gasteiger partial charge in [-0.2, -0.15) is 5.10 Å². The third kappa shape index (κ3) is 6.94. The molecule has 1 aromatic heterocycles. The summed E-state index contributed by atoms with van der Waals surface area (Å²) in [6.45, 7) is 3.00. The molecule has 164 valence electrons. The SMILES string of the molecule is CN=C(NCCNC(=O)Cc1cccc(F)c1)N1CCOC(c2cnn(C)c2)C1.I. The van der Waals surface area contributed by atoms with Gasteiger partial charge in [0.1, 0.15) is 11.9 Å². The van der Waals surface area contributed by atoms with E-state index < -0.39 is 0 Å². The number of halogens is 2. The number of guanidine groups is 1. The number of amides is 1. The molecule has 2 heterocycles. The molecule has 1 aliphatic rings. The summed E-state index contributed by atoms with van der Waals surface area (Å²) in [6.07, 6.45) is 3.88. The molecule has 0 aliphatic carbocycles. The first-order chi connectivity index (χ1) is 14.0. The first-order valence-corrected chi connectivity index (χ1v) is 9.62. The van der Waals surface area contributed by atoms with Crippen LogP contribution in [0.5, 0.6) is 0 Å². The van der Waals surface area contributed by atoms with E-state index in [4.69, 9.17) is 4.74 Å². The Morgan fingerprint density at radius 3 is 2.87 bits per heavy atom. The zero-order valence-electron chi connectivity index (χ0n) is 17.2. The fourth-order valence-electron chi connectivity index (χ4n) is 3.25. The molecule has 30 heavy (non-hydrogen) atoms. The van der Waals surface area contributed by atoms with Gasteiger partial charge in [0, 0.05) is 45.5 Å². The lowest BCUT2D eigenvalue weighted by molar-refractivity contribution is -0.120. The molecule has 10 heteroatoms. The highest BCUT2D eigenvalue weighted by Gasteiger charge is 2.25. The van der Waals surface area contributed by atoms with Gasteiger partial charge in [0.2, 0.25) is 5.91 Å². The number of carbonyl (C=O) groups is 1. The van der Waals surface area contributed by atoms with Crippen LogP contribution in [0.3, 0.4) is 0 Å². The number of benzene rings is 1. The van der Waals surface area contributed by atoms with Gasteiger partial charge in [-0.3, -0.25) is 14.5 Å². The molecular weight excluding hydrogens is 502 g/mol. The Bertz CT molecular complexity index is 859. The molecule has 0 bridgehead atoms. The molecule has 2 aromatic rings. The molecule has 0 radical (unpaired) electrons. The highest BCUT2D eigenvalue weighted by atomic mass is 127. The van der Waals surface area contributed by atoms with Crippen LogP contribution >= 0.6 is 24.0 Å². The van der Waals surface area contributed by atoms with Crippen molar-refractivity contribution in [2.24, 2.45) is 12.0 Å². The van der Waals surface area contributed by atoms with Crippen LogP contribution in [0.4, 0.5) is 4.39 Å². The predicted octanol–water partition coefficient (Wildman–Crippen LogP) is 1.48. The normalized spacial score (nSPS) is 16.7. The summed E-state index contributed by atoms with van der Waals surface area (Å²) < 4.78 is 20.8. The Morgan fingerprint density at radius 2 is 2.17 bits per heavy atom. The fraction of sp³-hybridized carbons (Fsp3) is 0.450. The summed E-state index contributed by atoms with van der Waals surface area (Å²) in [5.41, 5.74) is 1.69. The number of morpholine rings is 1. The molecule has 2 N–H and O–H groups in total. The van der Waals surface area contributed by atoms with Gasteiger partial charge in [-0.25, -0.2) is 4.39 Å². The monoisotopic (exact) mass is 530 g/mol. The maximum absolute atomic E-state index is 13.2. The van der Waals surface area contributed by atoms with Crippen LogP contribution < -0.4 is 10.6 Å². The van der Waals surface area contributed by atoms with Gasteiger partial charge in [-0.15, -0.1) is 24.0 Å². The van der Waals surface area contributed by atoms with Crippen LogP contribution in [0.2, 0.25) is 0 Å². The second kappa shape index (κ2) is 11.8.